The zero-order chi connectivity index (χ0) is 23.9. The van der Waals surface area contributed by atoms with Crippen LogP contribution in [0.1, 0.15) is 70.4 Å². The highest BCUT2D eigenvalue weighted by atomic mass is 19.4. The Balaban J connectivity index is 1.48. The van der Waals surface area contributed by atoms with Crippen molar-refractivity contribution in [3.8, 4) is 0 Å². The Kier molecular flexibility index (Phi) is 6.60. The molecule has 3 fully saturated rings. The average molecular weight is 468 g/mol. The number of nitrogens with zero attached hydrogens (tertiary/aromatic N) is 3. The van der Waals surface area contributed by atoms with Gasteiger partial charge in [-0.25, -0.2) is 4.79 Å². The van der Waals surface area contributed by atoms with Crippen LogP contribution >= 0.6 is 0 Å². The first kappa shape index (κ1) is 24.2. The highest BCUT2D eigenvalue weighted by molar-refractivity contribution is 5.68. The van der Waals surface area contributed by atoms with Gasteiger partial charge in [0.15, 0.2) is 0 Å². The molecule has 0 atom stereocenters. The fourth-order valence-electron chi connectivity index (χ4n) is 5.55. The van der Waals surface area contributed by atoms with Crippen LogP contribution in [-0.4, -0.2) is 59.8 Å². The van der Waals surface area contributed by atoms with E-state index in [1.54, 1.807) is 4.90 Å². The number of ether oxygens (including phenoxy) is 1. The van der Waals surface area contributed by atoms with Crippen molar-refractivity contribution in [2.75, 3.05) is 37.6 Å². The fraction of sp³-hybridized carbons (Fsp3) is 0.720. The number of hydrogen-bond donors (Lipinski definition) is 0. The monoisotopic (exact) mass is 467 g/mol. The molecule has 0 bridgehead atoms. The Labute approximate surface area is 194 Å². The predicted molar refractivity (Wildman–Crippen MR) is 122 cm³/mol. The van der Waals surface area contributed by atoms with Crippen molar-refractivity contribution in [3.63, 3.8) is 0 Å². The van der Waals surface area contributed by atoms with Gasteiger partial charge in [-0.1, -0.05) is 0 Å². The number of rotatable bonds is 3. The molecule has 1 amide bonds. The molecule has 3 heterocycles. The molecule has 0 aliphatic carbocycles. The van der Waals surface area contributed by atoms with E-state index in [0.29, 0.717) is 25.3 Å². The maximum Gasteiger partial charge on any atom is 0.416 e. The number of hydrogen-bond acceptors (Lipinski definition) is 4. The Bertz CT molecular complexity index is 851. The summed E-state index contributed by atoms with van der Waals surface area (Å²) in [5, 5.41) is 0. The second kappa shape index (κ2) is 9.01. The summed E-state index contributed by atoms with van der Waals surface area (Å²) in [5.74, 6) is 0. The molecule has 1 aromatic carbocycles. The molecule has 0 radical (unpaired) electrons. The summed E-state index contributed by atoms with van der Waals surface area (Å²) in [6.45, 7) is 9.84. The molecule has 4 rings (SSSR count). The Morgan fingerprint density at radius 2 is 1.61 bits per heavy atom. The molecule has 3 saturated heterocycles. The highest BCUT2D eigenvalue weighted by Gasteiger charge is 2.44. The van der Waals surface area contributed by atoms with Crippen molar-refractivity contribution in [2.24, 2.45) is 0 Å². The third-order valence-corrected chi connectivity index (χ3v) is 7.24. The normalized spacial score (nSPS) is 21.8. The number of anilines is 1. The fourth-order valence-corrected chi connectivity index (χ4v) is 5.55. The SMILES string of the molecule is CC(C)(C)OC(=O)N1CCC2(CCCN2Cc2cc(N3CCCC3)cc(C(F)(F)F)c2)CC1. The molecule has 5 nitrogen and oxygen atoms in total. The van der Waals surface area contributed by atoms with E-state index in [9.17, 15) is 18.0 Å². The summed E-state index contributed by atoms with van der Waals surface area (Å²) in [7, 11) is 0. The van der Waals surface area contributed by atoms with Crippen LogP contribution in [0.4, 0.5) is 23.7 Å². The minimum Gasteiger partial charge on any atom is -0.444 e. The van der Waals surface area contributed by atoms with E-state index < -0.39 is 17.3 Å². The van der Waals surface area contributed by atoms with Crippen LogP contribution in [0.2, 0.25) is 0 Å². The summed E-state index contributed by atoms with van der Waals surface area (Å²) >= 11 is 0. The van der Waals surface area contributed by atoms with Gasteiger partial charge < -0.3 is 14.5 Å². The van der Waals surface area contributed by atoms with Gasteiger partial charge in [-0.2, -0.15) is 13.2 Å². The molecule has 33 heavy (non-hydrogen) atoms. The molecule has 0 saturated carbocycles. The van der Waals surface area contributed by atoms with Crippen molar-refractivity contribution < 1.29 is 22.7 Å². The van der Waals surface area contributed by atoms with Crippen molar-refractivity contribution in [1.82, 2.24) is 9.80 Å². The lowest BCUT2D eigenvalue weighted by atomic mass is 9.84. The molecular formula is C25H36F3N3O2. The van der Waals surface area contributed by atoms with Gasteiger partial charge in [-0.15, -0.1) is 0 Å². The Hall–Kier alpha value is -1.96. The lowest BCUT2D eigenvalue weighted by Crippen LogP contribution is -2.53. The zero-order valence-electron chi connectivity index (χ0n) is 20.0. The lowest BCUT2D eigenvalue weighted by Gasteiger charge is -2.45. The predicted octanol–water partition coefficient (Wildman–Crippen LogP) is 5.67. The molecule has 0 aromatic heterocycles. The van der Waals surface area contributed by atoms with Crippen molar-refractivity contribution in [3.05, 3.63) is 29.3 Å². The van der Waals surface area contributed by atoms with E-state index in [1.807, 2.05) is 26.8 Å². The van der Waals surface area contributed by atoms with Gasteiger partial charge in [0, 0.05) is 44.0 Å². The summed E-state index contributed by atoms with van der Waals surface area (Å²) in [4.78, 5) is 18.7. The number of carbonyl (C=O) groups excluding carboxylic acids is 1. The third-order valence-electron chi connectivity index (χ3n) is 7.24. The van der Waals surface area contributed by atoms with Crippen LogP contribution < -0.4 is 4.90 Å². The standard InChI is InChI=1S/C25H36F3N3O2/c1-23(2,3)33-22(32)30-13-8-24(9-14-30)7-6-12-31(24)18-19-15-20(25(26,27)28)17-21(16-19)29-10-4-5-11-29/h15-17H,4-14,18H2,1-3H3. The topological polar surface area (TPSA) is 36.0 Å². The maximum atomic E-state index is 13.7. The van der Waals surface area contributed by atoms with E-state index >= 15 is 0 Å². The summed E-state index contributed by atoms with van der Waals surface area (Å²) in [6.07, 6.45) is 1.11. The van der Waals surface area contributed by atoms with Crippen LogP contribution in [0.25, 0.3) is 0 Å². The first-order valence-electron chi connectivity index (χ1n) is 12.1. The molecule has 1 spiro atoms. The average Bonchev–Trinajstić information content (AvgIpc) is 3.38. The number of benzene rings is 1. The number of alkyl halides is 3. The molecule has 0 N–H and O–H groups in total. The second-order valence-electron chi connectivity index (χ2n) is 10.8. The van der Waals surface area contributed by atoms with Crippen molar-refractivity contribution >= 4 is 11.8 Å². The molecule has 8 heteroatoms. The van der Waals surface area contributed by atoms with Gasteiger partial charge >= 0.3 is 12.3 Å². The van der Waals surface area contributed by atoms with Crippen LogP contribution in [0.15, 0.2) is 18.2 Å². The first-order valence-corrected chi connectivity index (χ1v) is 12.1. The van der Waals surface area contributed by atoms with Gasteiger partial charge in [0.25, 0.3) is 0 Å². The summed E-state index contributed by atoms with van der Waals surface area (Å²) < 4.78 is 46.5. The Morgan fingerprint density at radius 1 is 0.939 bits per heavy atom. The van der Waals surface area contributed by atoms with Crippen LogP contribution in [0.5, 0.6) is 0 Å². The van der Waals surface area contributed by atoms with Crippen LogP contribution in [0.3, 0.4) is 0 Å². The largest absolute Gasteiger partial charge is 0.444 e. The summed E-state index contributed by atoms with van der Waals surface area (Å²) in [5.41, 5.74) is 0.269. The van der Waals surface area contributed by atoms with E-state index in [2.05, 4.69) is 9.80 Å². The van der Waals surface area contributed by atoms with Crippen LogP contribution in [0, 0.1) is 0 Å². The smallest absolute Gasteiger partial charge is 0.416 e. The lowest BCUT2D eigenvalue weighted by molar-refractivity contribution is -0.137. The van der Waals surface area contributed by atoms with E-state index in [0.717, 1.165) is 63.7 Å². The highest BCUT2D eigenvalue weighted by Crippen LogP contribution is 2.41. The van der Waals surface area contributed by atoms with Crippen molar-refractivity contribution in [2.45, 2.75) is 83.2 Å². The van der Waals surface area contributed by atoms with Crippen molar-refractivity contribution in [1.29, 1.82) is 0 Å². The van der Waals surface area contributed by atoms with Gasteiger partial charge in [0.1, 0.15) is 5.60 Å². The molecule has 1 aromatic rings. The minimum atomic E-state index is -4.36. The number of halogens is 3. The van der Waals surface area contributed by atoms with Crippen LogP contribution in [-0.2, 0) is 17.5 Å². The summed E-state index contributed by atoms with van der Waals surface area (Å²) in [6, 6.07) is 4.57. The molecule has 3 aliphatic rings. The van der Waals surface area contributed by atoms with E-state index in [-0.39, 0.29) is 11.6 Å². The van der Waals surface area contributed by atoms with Gasteiger partial charge in [0.2, 0.25) is 0 Å². The van der Waals surface area contributed by atoms with Gasteiger partial charge in [0.05, 0.1) is 5.56 Å². The van der Waals surface area contributed by atoms with Gasteiger partial charge in [-0.3, -0.25) is 4.90 Å². The maximum absolute atomic E-state index is 13.7. The molecular weight excluding hydrogens is 431 g/mol. The molecule has 0 unspecified atom stereocenters. The number of carbonyl (C=O) groups is 1. The quantitative estimate of drug-likeness (QED) is 0.574. The zero-order valence-corrected chi connectivity index (χ0v) is 20.0. The number of likely N-dealkylation sites (tertiary alicyclic amines) is 2. The van der Waals surface area contributed by atoms with E-state index in [1.165, 1.54) is 12.1 Å². The molecule has 184 valence electrons. The van der Waals surface area contributed by atoms with Gasteiger partial charge in [-0.05, 0) is 89.6 Å². The minimum absolute atomic E-state index is 0.0550. The second-order valence-corrected chi connectivity index (χ2v) is 10.8. The molecule has 3 aliphatic heterocycles. The number of amides is 1. The number of piperidine rings is 1. The third kappa shape index (κ3) is 5.58. The Morgan fingerprint density at radius 3 is 2.21 bits per heavy atom. The first-order chi connectivity index (χ1) is 15.5. The van der Waals surface area contributed by atoms with E-state index in [4.69, 9.17) is 4.74 Å².